The Hall–Kier alpha value is -1.59. The van der Waals surface area contributed by atoms with Crippen molar-refractivity contribution in [3.63, 3.8) is 0 Å². The standard InChI is InChI=1S/C17H28N4O/c1-3-18-17(19-7-8-21-9-11-22-12-10-21)20-14-16-6-4-5-15(2)13-16/h4-6,13H,3,7-12,14H2,1-2H3,(H2,18,19,20). The first kappa shape index (κ1) is 16.8. The van der Waals surface area contributed by atoms with Crippen LogP contribution in [0.15, 0.2) is 29.3 Å². The molecule has 1 aliphatic rings. The summed E-state index contributed by atoms with van der Waals surface area (Å²) in [6, 6.07) is 8.49. The molecular weight excluding hydrogens is 276 g/mol. The van der Waals surface area contributed by atoms with Gasteiger partial charge in [-0.25, -0.2) is 4.99 Å². The zero-order chi connectivity index (χ0) is 15.6. The molecule has 0 aliphatic carbocycles. The second-order valence-corrected chi connectivity index (χ2v) is 5.57. The van der Waals surface area contributed by atoms with Gasteiger partial charge in [0, 0.05) is 32.7 Å². The highest BCUT2D eigenvalue weighted by atomic mass is 16.5. The maximum Gasteiger partial charge on any atom is 0.191 e. The molecule has 1 saturated heterocycles. The Bertz CT molecular complexity index is 469. The summed E-state index contributed by atoms with van der Waals surface area (Å²) in [6.07, 6.45) is 0. The number of morpholine rings is 1. The maximum atomic E-state index is 5.36. The lowest BCUT2D eigenvalue weighted by atomic mass is 10.1. The number of aliphatic imine (C=N–C) groups is 1. The number of rotatable bonds is 6. The summed E-state index contributed by atoms with van der Waals surface area (Å²) in [5.74, 6) is 0.886. The summed E-state index contributed by atoms with van der Waals surface area (Å²) < 4.78 is 5.36. The van der Waals surface area contributed by atoms with Crippen LogP contribution in [0, 0.1) is 6.92 Å². The van der Waals surface area contributed by atoms with E-state index in [9.17, 15) is 0 Å². The highest BCUT2D eigenvalue weighted by molar-refractivity contribution is 5.79. The molecule has 1 aromatic rings. The van der Waals surface area contributed by atoms with Crippen LogP contribution in [-0.2, 0) is 11.3 Å². The third-order valence-electron chi connectivity index (χ3n) is 3.67. The highest BCUT2D eigenvalue weighted by Gasteiger charge is 2.09. The number of nitrogens with zero attached hydrogens (tertiary/aromatic N) is 2. The van der Waals surface area contributed by atoms with Crippen molar-refractivity contribution in [3.05, 3.63) is 35.4 Å². The van der Waals surface area contributed by atoms with Gasteiger partial charge in [0.05, 0.1) is 19.8 Å². The van der Waals surface area contributed by atoms with Gasteiger partial charge in [-0.3, -0.25) is 4.90 Å². The topological polar surface area (TPSA) is 48.9 Å². The molecule has 5 nitrogen and oxygen atoms in total. The Morgan fingerprint density at radius 1 is 1.27 bits per heavy atom. The monoisotopic (exact) mass is 304 g/mol. The van der Waals surface area contributed by atoms with Crippen molar-refractivity contribution in [1.82, 2.24) is 15.5 Å². The van der Waals surface area contributed by atoms with Crippen molar-refractivity contribution < 1.29 is 4.74 Å². The quantitative estimate of drug-likeness (QED) is 0.616. The minimum atomic E-state index is 0.703. The van der Waals surface area contributed by atoms with Crippen LogP contribution in [0.4, 0.5) is 0 Å². The molecule has 0 radical (unpaired) electrons. The van der Waals surface area contributed by atoms with Crippen LogP contribution in [0.3, 0.4) is 0 Å². The Morgan fingerprint density at radius 3 is 2.82 bits per heavy atom. The van der Waals surface area contributed by atoms with Gasteiger partial charge in [-0.2, -0.15) is 0 Å². The summed E-state index contributed by atoms with van der Waals surface area (Å²) in [6.45, 7) is 11.5. The van der Waals surface area contributed by atoms with Crippen molar-refractivity contribution >= 4 is 5.96 Å². The second kappa shape index (κ2) is 9.43. The van der Waals surface area contributed by atoms with Crippen molar-refractivity contribution in [2.24, 2.45) is 4.99 Å². The summed E-state index contributed by atoms with van der Waals surface area (Å²) in [5.41, 5.74) is 2.52. The molecule has 0 unspecified atom stereocenters. The van der Waals surface area contributed by atoms with E-state index in [0.717, 1.165) is 51.9 Å². The predicted octanol–water partition coefficient (Wildman–Crippen LogP) is 1.38. The molecule has 0 saturated carbocycles. The average Bonchev–Trinajstić information content (AvgIpc) is 2.54. The molecule has 0 spiro atoms. The number of benzene rings is 1. The summed E-state index contributed by atoms with van der Waals surface area (Å²) in [4.78, 5) is 7.08. The van der Waals surface area contributed by atoms with Gasteiger partial charge < -0.3 is 15.4 Å². The van der Waals surface area contributed by atoms with E-state index in [2.05, 4.69) is 58.6 Å². The van der Waals surface area contributed by atoms with Gasteiger partial charge in [0.1, 0.15) is 0 Å². The Balaban J connectivity index is 1.79. The van der Waals surface area contributed by atoms with Crippen molar-refractivity contribution in [3.8, 4) is 0 Å². The Kier molecular flexibility index (Phi) is 7.19. The molecule has 0 atom stereocenters. The SMILES string of the molecule is CCNC(=NCc1cccc(C)c1)NCCN1CCOCC1. The fourth-order valence-electron chi connectivity index (χ4n) is 2.48. The minimum Gasteiger partial charge on any atom is -0.379 e. The number of hydrogen-bond acceptors (Lipinski definition) is 3. The molecular formula is C17H28N4O. The van der Waals surface area contributed by atoms with E-state index in [-0.39, 0.29) is 0 Å². The van der Waals surface area contributed by atoms with E-state index < -0.39 is 0 Å². The lowest BCUT2D eigenvalue weighted by Crippen LogP contribution is -2.44. The van der Waals surface area contributed by atoms with Gasteiger partial charge in [-0.05, 0) is 19.4 Å². The summed E-state index contributed by atoms with van der Waals surface area (Å²) >= 11 is 0. The van der Waals surface area contributed by atoms with Crippen molar-refractivity contribution in [1.29, 1.82) is 0 Å². The lowest BCUT2D eigenvalue weighted by molar-refractivity contribution is 0.0389. The van der Waals surface area contributed by atoms with Crippen LogP contribution in [0.5, 0.6) is 0 Å². The molecule has 0 amide bonds. The van der Waals surface area contributed by atoms with Crippen LogP contribution in [0.25, 0.3) is 0 Å². The summed E-state index contributed by atoms with van der Waals surface area (Å²) in [7, 11) is 0. The molecule has 0 bridgehead atoms. The van der Waals surface area contributed by atoms with Gasteiger partial charge in [0.15, 0.2) is 5.96 Å². The fourth-order valence-corrected chi connectivity index (χ4v) is 2.48. The van der Waals surface area contributed by atoms with E-state index in [1.807, 2.05) is 0 Å². The van der Waals surface area contributed by atoms with Gasteiger partial charge in [0.25, 0.3) is 0 Å². The van der Waals surface area contributed by atoms with E-state index >= 15 is 0 Å². The van der Waals surface area contributed by atoms with E-state index in [4.69, 9.17) is 4.74 Å². The smallest absolute Gasteiger partial charge is 0.191 e. The number of aryl methyl sites for hydroxylation is 1. The zero-order valence-corrected chi connectivity index (χ0v) is 13.8. The van der Waals surface area contributed by atoms with Crippen LogP contribution >= 0.6 is 0 Å². The Labute approximate surface area is 133 Å². The van der Waals surface area contributed by atoms with Gasteiger partial charge in [-0.15, -0.1) is 0 Å². The third-order valence-corrected chi connectivity index (χ3v) is 3.67. The maximum absolute atomic E-state index is 5.36. The molecule has 22 heavy (non-hydrogen) atoms. The van der Waals surface area contributed by atoms with Crippen LogP contribution < -0.4 is 10.6 Å². The minimum absolute atomic E-state index is 0.703. The number of guanidine groups is 1. The highest BCUT2D eigenvalue weighted by Crippen LogP contribution is 2.05. The normalized spacial score (nSPS) is 16.5. The zero-order valence-electron chi connectivity index (χ0n) is 13.8. The van der Waals surface area contributed by atoms with Gasteiger partial charge in [0.2, 0.25) is 0 Å². The number of ether oxygens (including phenoxy) is 1. The van der Waals surface area contributed by atoms with E-state index in [0.29, 0.717) is 6.54 Å². The molecule has 122 valence electrons. The van der Waals surface area contributed by atoms with Crippen LogP contribution in [-0.4, -0.2) is 56.8 Å². The molecule has 1 aromatic carbocycles. The average molecular weight is 304 g/mol. The molecule has 5 heteroatoms. The molecule has 0 aromatic heterocycles. The lowest BCUT2D eigenvalue weighted by Gasteiger charge is -2.26. The molecule has 1 heterocycles. The van der Waals surface area contributed by atoms with Crippen LogP contribution in [0.1, 0.15) is 18.1 Å². The second-order valence-electron chi connectivity index (χ2n) is 5.57. The third kappa shape index (κ3) is 6.03. The fraction of sp³-hybridized carbons (Fsp3) is 0.588. The number of hydrogen-bond donors (Lipinski definition) is 2. The molecule has 1 aliphatic heterocycles. The van der Waals surface area contributed by atoms with Crippen molar-refractivity contribution in [2.45, 2.75) is 20.4 Å². The summed E-state index contributed by atoms with van der Waals surface area (Å²) in [5, 5.41) is 6.71. The van der Waals surface area contributed by atoms with Crippen LogP contribution in [0.2, 0.25) is 0 Å². The number of nitrogens with one attached hydrogen (secondary N) is 2. The molecule has 2 N–H and O–H groups in total. The largest absolute Gasteiger partial charge is 0.379 e. The Morgan fingerprint density at radius 2 is 2.09 bits per heavy atom. The predicted molar refractivity (Wildman–Crippen MR) is 91.3 cm³/mol. The van der Waals surface area contributed by atoms with Gasteiger partial charge in [-0.1, -0.05) is 29.8 Å². The van der Waals surface area contributed by atoms with Crippen molar-refractivity contribution in [2.75, 3.05) is 45.9 Å². The first-order valence-electron chi connectivity index (χ1n) is 8.16. The van der Waals surface area contributed by atoms with E-state index in [1.165, 1.54) is 11.1 Å². The van der Waals surface area contributed by atoms with Gasteiger partial charge >= 0.3 is 0 Å². The first-order chi connectivity index (χ1) is 10.8. The first-order valence-corrected chi connectivity index (χ1v) is 8.16. The van der Waals surface area contributed by atoms with E-state index in [1.54, 1.807) is 0 Å². The molecule has 2 rings (SSSR count). The molecule has 1 fully saturated rings.